The van der Waals surface area contributed by atoms with Gasteiger partial charge in [-0.1, -0.05) is 11.6 Å². The molecule has 3 N–H and O–H groups in total. The number of likely N-dealkylation sites (tertiary alicyclic amines) is 1. The number of benzene rings is 1. The molecule has 2 amide bonds. The van der Waals surface area contributed by atoms with Gasteiger partial charge in [-0.25, -0.2) is 0 Å². The van der Waals surface area contributed by atoms with Crippen LogP contribution in [0.15, 0.2) is 12.1 Å². The molecule has 1 atom stereocenters. The van der Waals surface area contributed by atoms with Crippen molar-refractivity contribution in [2.75, 3.05) is 26.4 Å². The molecular formula is C15H18ClN3O4. The van der Waals surface area contributed by atoms with E-state index in [-0.39, 0.29) is 6.79 Å². The van der Waals surface area contributed by atoms with Gasteiger partial charge in [0.05, 0.1) is 0 Å². The van der Waals surface area contributed by atoms with Crippen LogP contribution in [0.5, 0.6) is 11.5 Å². The molecule has 2 aliphatic heterocycles. The summed E-state index contributed by atoms with van der Waals surface area (Å²) in [6.07, 6.45) is 0.946. The highest BCUT2D eigenvalue weighted by molar-refractivity contribution is 6.34. The molecule has 0 aromatic heterocycles. The number of carbonyl (C=O) groups excluding carboxylic acids is 2. The van der Waals surface area contributed by atoms with E-state index in [9.17, 15) is 9.59 Å². The monoisotopic (exact) mass is 339 g/mol. The summed E-state index contributed by atoms with van der Waals surface area (Å²) in [5.74, 6) is 0.00132. The summed E-state index contributed by atoms with van der Waals surface area (Å²) >= 11 is 6.29. The largest absolute Gasteiger partial charge is 0.454 e. The average molecular weight is 340 g/mol. The Labute approximate surface area is 138 Å². The number of ether oxygens (including phenoxy) is 2. The van der Waals surface area contributed by atoms with E-state index in [1.807, 2.05) is 6.07 Å². The summed E-state index contributed by atoms with van der Waals surface area (Å²) < 4.78 is 10.7. The van der Waals surface area contributed by atoms with Gasteiger partial charge in [-0.3, -0.25) is 14.5 Å². The van der Waals surface area contributed by atoms with Gasteiger partial charge < -0.3 is 20.5 Å². The van der Waals surface area contributed by atoms with Crippen LogP contribution in [-0.4, -0.2) is 43.1 Å². The number of hydrogen-bond acceptors (Lipinski definition) is 5. The number of hydrogen-bond donors (Lipinski definition) is 2. The predicted octanol–water partition coefficient (Wildman–Crippen LogP) is 0.492. The van der Waals surface area contributed by atoms with Gasteiger partial charge >= 0.3 is 11.8 Å². The summed E-state index contributed by atoms with van der Waals surface area (Å²) in [5, 5.41) is 3.20. The van der Waals surface area contributed by atoms with Crippen molar-refractivity contribution in [1.82, 2.24) is 10.2 Å². The van der Waals surface area contributed by atoms with Gasteiger partial charge in [0, 0.05) is 30.7 Å². The maximum atomic E-state index is 11.2. The SMILES string of the molecule is NC(=O)C(=O)NCC1CCN(Cc2cc3c(cc2Cl)OCO3)C1. The van der Waals surface area contributed by atoms with Crippen molar-refractivity contribution in [1.29, 1.82) is 0 Å². The molecule has 1 aromatic carbocycles. The molecule has 23 heavy (non-hydrogen) atoms. The molecule has 7 nitrogen and oxygen atoms in total. The maximum Gasteiger partial charge on any atom is 0.309 e. The zero-order chi connectivity index (χ0) is 16.4. The molecule has 3 rings (SSSR count). The molecule has 124 valence electrons. The number of fused-ring (bicyclic) bond motifs is 1. The van der Waals surface area contributed by atoms with Crippen molar-refractivity contribution in [2.45, 2.75) is 13.0 Å². The van der Waals surface area contributed by atoms with Gasteiger partial charge in [0.25, 0.3) is 0 Å². The molecule has 2 heterocycles. The zero-order valence-electron chi connectivity index (χ0n) is 12.5. The third-order valence-corrected chi connectivity index (χ3v) is 4.43. The lowest BCUT2D eigenvalue weighted by molar-refractivity contribution is -0.137. The van der Waals surface area contributed by atoms with Crippen LogP contribution in [0.3, 0.4) is 0 Å². The minimum atomic E-state index is -0.952. The lowest BCUT2D eigenvalue weighted by atomic mass is 10.1. The van der Waals surface area contributed by atoms with Gasteiger partial charge in [0.15, 0.2) is 11.5 Å². The van der Waals surface area contributed by atoms with E-state index in [4.69, 9.17) is 26.8 Å². The first-order valence-electron chi connectivity index (χ1n) is 7.41. The fourth-order valence-corrected chi connectivity index (χ4v) is 3.08. The second kappa shape index (κ2) is 6.64. The lowest BCUT2D eigenvalue weighted by Gasteiger charge is -2.17. The Kier molecular flexibility index (Phi) is 4.58. The summed E-state index contributed by atoms with van der Waals surface area (Å²) in [6.45, 7) is 3.11. The molecule has 1 unspecified atom stereocenters. The van der Waals surface area contributed by atoms with E-state index in [0.717, 1.165) is 25.1 Å². The van der Waals surface area contributed by atoms with E-state index >= 15 is 0 Å². The van der Waals surface area contributed by atoms with Crippen LogP contribution in [0.2, 0.25) is 5.02 Å². The topological polar surface area (TPSA) is 93.9 Å². The van der Waals surface area contributed by atoms with Crippen molar-refractivity contribution in [3.8, 4) is 11.5 Å². The second-order valence-electron chi connectivity index (χ2n) is 5.76. The molecule has 0 radical (unpaired) electrons. The van der Waals surface area contributed by atoms with Crippen LogP contribution in [-0.2, 0) is 16.1 Å². The molecule has 0 bridgehead atoms. The maximum absolute atomic E-state index is 11.2. The Morgan fingerprint density at radius 2 is 2.09 bits per heavy atom. The zero-order valence-corrected chi connectivity index (χ0v) is 13.3. The van der Waals surface area contributed by atoms with Gasteiger partial charge in [0.2, 0.25) is 6.79 Å². The Morgan fingerprint density at radius 1 is 1.35 bits per heavy atom. The molecule has 1 saturated heterocycles. The number of rotatable bonds is 4. The molecule has 2 aliphatic rings. The Hall–Kier alpha value is -1.99. The van der Waals surface area contributed by atoms with Crippen LogP contribution in [0.25, 0.3) is 0 Å². The number of carbonyl (C=O) groups is 2. The Balaban J connectivity index is 1.54. The van der Waals surface area contributed by atoms with Gasteiger partial charge in [-0.15, -0.1) is 0 Å². The molecule has 1 fully saturated rings. The number of nitrogens with one attached hydrogen (secondary N) is 1. The predicted molar refractivity (Wildman–Crippen MR) is 83.2 cm³/mol. The van der Waals surface area contributed by atoms with E-state index < -0.39 is 11.8 Å². The third-order valence-electron chi connectivity index (χ3n) is 4.08. The van der Waals surface area contributed by atoms with Crippen molar-refractivity contribution in [3.05, 3.63) is 22.7 Å². The van der Waals surface area contributed by atoms with Crippen molar-refractivity contribution in [3.63, 3.8) is 0 Å². The molecule has 0 saturated carbocycles. The van der Waals surface area contributed by atoms with E-state index in [1.54, 1.807) is 6.07 Å². The summed E-state index contributed by atoms with van der Waals surface area (Å²) in [5.41, 5.74) is 5.90. The second-order valence-corrected chi connectivity index (χ2v) is 6.17. The highest BCUT2D eigenvalue weighted by Gasteiger charge is 2.25. The number of primary amides is 1. The highest BCUT2D eigenvalue weighted by atomic mass is 35.5. The van der Waals surface area contributed by atoms with Crippen LogP contribution in [0, 0.1) is 5.92 Å². The number of nitrogens with zero attached hydrogens (tertiary/aromatic N) is 1. The van der Waals surface area contributed by atoms with Gasteiger partial charge in [-0.05, 0) is 30.5 Å². The minimum Gasteiger partial charge on any atom is -0.454 e. The molecule has 1 aromatic rings. The normalized spacial score (nSPS) is 19.8. The highest BCUT2D eigenvalue weighted by Crippen LogP contribution is 2.37. The Bertz CT molecular complexity index is 637. The van der Waals surface area contributed by atoms with Gasteiger partial charge in [0.1, 0.15) is 0 Å². The van der Waals surface area contributed by atoms with Crippen LogP contribution in [0.1, 0.15) is 12.0 Å². The first-order valence-corrected chi connectivity index (χ1v) is 7.78. The number of amides is 2. The number of nitrogens with two attached hydrogens (primary N) is 1. The third kappa shape index (κ3) is 3.68. The average Bonchev–Trinajstić information content (AvgIpc) is 3.14. The Morgan fingerprint density at radius 3 is 2.83 bits per heavy atom. The standard InChI is InChI=1S/C15H18ClN3O4/c16-11-4-13-12(22-8-23-13)3-10(11)7-19-2-1-9(6-19)5-18-15(21)14(17)20/h3-4,9H,1-2,5-8H2,(H2,17,20)(H,18,21). The van der Waals surface area contributed by atoms with Gasteiger partial charge in [-0.2, -0.15) is 0 Å². The van der Waals surface area contributed by atoms with Crippen LogP contribution < -0.4 is 20.5 Å². The van der Waals surface area contributed by atoms with E-state index in [0.29, 0.717) is 35.5 Å². The van der Waals surface area contributed by atoms with Crippen LogP contribution >= 0.6 is 11.6 Å². The molecule has 0 aliphatic carbocycles. The smallest absolute Gasteiger partial charge is 0.309 e. The number of halogens is 1. The lowest BCUT2D eigenvalue weighted by Crippen LogP contribution is -2.39. The molecular weight excluding hydrogens is 322 g/mol. The van der Waals surface area contributed by atoms with Crippen molar-refractivity contribution < 1.29 is 19.1 Å². The fraction of sp³-hybridized carbons (Fsp3) is 0.467. The first kappa shape index (κ1) is 15.9. The summed E-state index contributed by atoms with van der Waals surface area (Å²) in [7, 11) is 0. The fourth-order valence-electron chi connectivity index (χ4n) is 2.87. The van der Waals surface area contributed by atoms with Crippen molar-refractivity contribution >= 4 is 23.4 Å². The quantitative estimate of drug-likeness (QED) is 0.779. The summed E-state index contributed by atoms with van der Waals surface area (Å²) in [4.78, 5) is 24.1. The van der Waals surface area contributed by atoms with E-state index in [2.05, 4.69) is 10.2 Å². The van der Waals surface area contributed by atoms with E-state index in [1.165, 1.54) is 0 Å². The van der Waals surface area contributed by atoms with Crippen LogP contribution in [0.4, 0.5) is 0 Å². The molecule has 0 spiro atoms. The molecule has 8 heteroatoms. The first-order chi connectivity index (χ1) is 11.0. The minimum absolute atomic E-state index is 0.223. The van der Waals surface area contributed by atoms with Crippen molar-refractivity contribution in [2.24, 2.45) is 11.7 Å². The summed E-state index contributed by atoms with van der Waals surface area (Å²) in [6, 6.07) is 3.69.